The van der Waals surface area contributed by atoms with E-state index in [2.05, 4.69) is 5.32 Å². The molecule has 92 valence electrons. The normalized spacial score (nSPS) is 34.2. The summed E-state index contributed by atoms with van der Waals surface area (Å²) in [6.45, 7) is 0.463. The molecule has 0 radical (unpaired) electrons. The molecule has 3 nitrogen and oxygen atoms in total. The average Bonchev–Trinajstić information content (AvgIpc) is 2.29. The first-order valence-electron chi connectivity index (χ1n) is 6.79. The minimum atomic E-state index is 0.141. The summed E-state index contributed by atoms with van der Waals surface area (Å²) in [4.78, 5) is 11.5. The predicted octanol–water partition coefficient (Wildman–Crippen LogP) is 1.81. The number of nitrogens with one attached hydrogen (secondary N) is 1. The Balaban J connectivity index is 1.78. The van der Waals surface area contributed by atoms with Gasteiger partial charge in [-0.1, -0.05) is 25.7 Å². The molecular weight excluding hydrogens is 200 g/mol. The van der Waals surface area contributed by atoms with Crippen molar-refractivity contribution in [1.29, 1.82) is 0 Å². The second kappa shape index (κ2) is 5.67. The molecule has 3 atom stereocenters. The quantitative estimate of drug-likeness (QED) is 0.768. The lowest BCUT2D eigenvalue weighted by Crippen LogP contribution is -2.42. The molecule has 0 heterocycles. The van der Waals surface area contributed by atoms with Crippen LogP contribution in [0.15, 0.2) is 0 Å². The van der Waals surface area contributed by atoms with Crippen LogP contribution >= 0.6 is 0 Å². The SMILES string of the molecule is NCCC(=O)NC1CCC2CCCCC2C1. The number of amides is 1. The van der Waals surface area contributed by atoms with E-state index in [1.165, 1.54) is 44.9 Å². The summed E-state index contributed by atoms with van der Waals surface area (Å²) in [5, 5.41) is 3.13. The van der Waals surface area contributed by atoms with Crippen molar-refractivity contribution in [3.63, 3.8) is 0 Å². The van der Waals surface area contributed by atoms with Crippen LogP contribution in [-0.4, -0.2) is 18.5 Å². The topological polar surface area (TPSA) is 55.1 Å². The zero-order valence-corrected chi connectivity index (χ0v) is 10.1. The zero-order chi connectivity index (χ0) is 11.4. The second-order valence-corrected chi connectivity index (χ2v) is 5.42. The van der Waals surface area contributed by atoms with Crippen molar-refractivity contribution >= 4 is 5.91 Å². The van der Waals surface area contributed by atoms with Crippen molar-refractivity contribution in [2.75, 3.05) is 6.54 Å². The molecule has 0 aromatic heterocycles. The van der Waals surface area contributed by atoms with Crippen molar-refractivity contribution in [2.45, 2.75) is 57.4 Å². The number of nitrogens with two attached hydrogens (primary N) is 1. The molecule has 1 amide bonds. The summed E-state index contributed by atoms with van der Waals surface area (Å²) in [6.07, 6.45) is 9.80. The molecule has 2 aliphatic carbocycles. The molecule has 3 heteroatoms. The van der Waals surface area contributed by atoms with Crippen LogP contribution in [0.3, 0.4) is 0 Å². The molecule has 2 rings (SSSR count). The first-order chi connectivity index (χ1) is 7.79. The Morgan fingerprint density at radius 1 is 1.12 bits per heavy atom. The number of rotatable bonds is 3. The summed E-state index contributed by atoms with van der Waals surface area (Å²) >= 11 is 0. The number of carbonyl (C=O) groups is 1. The van der Waals surface area contributed by atoms with Gasteiger partial charge in [-0.05, 0) is 31.1 Å². The van der Waals surface area contributed by atoms with E-state index in [1.54, 1.807) is 0 Å². The Kier molecular flexibility index (Phi) is 4.22. The highest BCUT2D eigenvalue weighted by Gasteiger charge is 2.32. The average molecular weight is 224 g/mol. The van der Waals surface area contributed by atoms with Gasteiger partial charge in [-0.25, -0.2) is 0 Å². The summed E-state index contributed by atoms with van der Waals surface area (Å²) in [7, 11) is 0. The molecule has 16 heavy (non-hydrogen) atoms. The standard InChI is InChI=1S/C13H24N2O/c14-8-7-13(16)15-12-6-5-10-3-1-2-4-11(10)9-12/h10-12H,1-9,14H2,(H,15,16). The number of hydrogen-bond acceptors (Lipinski definition) is 2. The maximum atomic E-state index is 11.5. The molecule has 3 unspecified atom stereocenters. The van der Waals surface area contributed by atoms with Crippen LogP contribution in [0.25, 0.3) is 0 Å². The summed E-state index contributed by atoms with van der Waals surface area (Å²) < 4.78 is 0. The number of hydrogen-bond donors (Lipinski definition) is 2. The van der Waals surface area contributed by atoms with Crippen molar-refractivity contribution in [3.8, 4) is 0 Å². The van der Waals surface area contributed by atoms with Crippen LogP contribution in [0.5, 0.6) is 0 Å². The van der Waals surface area contributed by atoms with Crippen LogP contribution in [-0.2, 0) is 4.79 Å². The van der Waals surface area contributed by atoms with Crippen LogP contribution in [0.1, 0.15) is 51.4 Å². The van der Waals surface area contributed by atoms with Gasteiger partial charge in [0.2, 0.25) is 5.91 Å². The van der Waals surface area contributed by atoms with Crippen molar-refractivity contribution in [1.82, 2.24) is 5.32 Å². The Morgan fingerprint density at radius 2 is 1.88 bits per heavy atom. The fraction of sp³-hybridized carbons (Fsp3) is 0.923. The molecule has 3 N–H and O–H groups in total. The summed E-state index contributed by atoms with van der Waals surface area (Å²) in [5.41, 5.74) is 5.38. The van der Waals surface area contributed by atoms with Crippen LogP contribution in [0.2, 0.25) is 0 Å². The third-order valence-corrected chi connectivity index (χ3v) is 4.28. The third-order valence-electron chi connectivity index (χ3n) is 4.28. The molecule has 0 aromatic carbocycles. The van der Waals surface area contributed by atoms with Gasteiger partial charge >= 0.3 is 0 Å². The van der Waals surface area contributed by atoms with Crippen LogP contribution < -0.4 is 11.1 Å². The van der Waals surface area contributed by atoms with Gasteiger partial charge in [0.15, 0.2) is 0 Å². The minimum Gasteiger partial charge on any atom is -0.353 e. The first kappa shape index (κ1) is 11.9. The van der Waals surface area contributed by atoms with E-state index in [0.29, 0.717) is 19.0 Å². The van der Waals surface area contributed by atoms with E-state index in [-0.39, 0.29) is 5.91 Å². The van der Waals surface area contributed by atoms with E-state index in [4.69, 9.17) is 5.73 Å². The first-order valence-corrected chi connectivity index (χ1v) is 6.79. The van der Waals surface area contributed by atoms with E-state index in [0.717, 1.165) is 11.8 Å². The van der Waals surface area contributed by atoms with Crippen LogP contribution in [0.4, 0.5) is 0 Å². The van der Waals surface area contributed by atoms with Crippen LogP contribution in [0, 0.1) is 11.8 Å². The molecule has 2 fully saturated rings. The van der Waals surface area contributed by atoms with Crippen molar-refractivity contribution in [3.05, 3.63) is 0 Å². The Bertz CT molecular complexity index is 242. The number of carbonyl (C=O) groups excluding carboxylic acids is 1. The van der Waals surface area contributed by atoms with Crippen molar-refractivity contribution in [2.24, 2.45) is 17.6 Å². The van der Waals surface area contributed by atoms with Crippen molar-refractivity contribution < 1.29 is 4.79 Å². The lowest BCUT2D eigenvalue weighted by atomic mass is 9.69. The Hall–Kier alpha value is -0.570. The van der Waals surface area contributed by atoms with E-state index < -0.39 is 0 Å². The highest BCUT2D eigenvalue weighted by Crippen LogP contribution is 2.40. The van der Waals surface area contributed by atoms with Gasteiger partial charge < -0.3 is 11.1 Å². The van der Waals surface area contributed by atoms with Gasteiger partial charge in [0.05, 0.1) is 0 Å². The summed E-state index contributed by atoms with van der Waals surface area (Å²) in [6, 6.07) is 0.429. The zero-order valence-electron chi connectivity index (χ0n) is 10.1. The third kappa shape index (κ3) is 2.97. The van der Waals surface area contributed by atoms with Gasteiger partial charge in [0.25, 0.3) is 0 Å². The Labute approximate surface area is 98.2 Å². The highest BCUT2D eigenvalue weighted by molar-refractivity contribution is 5.76. The lowest BCUT2D eigenvalue weighted by molar-refractivity contribution is -0.122. The molecule has 0 bridgehead atoms. The lowest BCUT2D eigenvalue weighted by Gasteiger charge is -2.39. The molecule has 0 saturated heterocycles. The summed E-state index contributed by atoms with van der Waals surface area (Å²) in [5.74, 6) is 1.98. The maximum Gasteiger partial charge on any atom is 0.221 e. The van der Waals surface area contributed by atoms with E-state index >= 15 is 0 Å². The van der Waals surface area contributed by atoms with Gasteiger partial charge in [0, 0.05) is 19.0 Å². The van der Waals surface area contributed by atoms with Gasteiger partial charge in [-0.15, -0.1) is 0 Å². The van der Waals surface area contributed by atoms with Gasteiger partial charge in [0.1, 0.15) is 0 Å². The van der Waals surface area contributed by atoms with Gasteiger partial charge in [-0.3, -0.25) is 4.79 Å². The molecule has 2 aliphatic rings. The predicted molar refractivity (Wildman–Crippen MR) is 64.9 cm³/mol. The fourth-order valence-corrected chi connectivity index (χ4v) is 3.44. The largest absolute Gasteiger partial charge is 0.353 e. The second-order valence-electron chi connectivity index (χ2n) is 5.42. The number of fused-ring (bicyclic) bond motifs is 1. The molecule has 0 aromatic rings. The smallest absolute Gasteiger partial charge is 0.221 e. The van der Waals surface area contributed by atoms with E-state index in [1.807, 2.05) is 0 Å². The maximum absolute atomic E-state index is 11.5. The molecule has 0 spiro atoms. The monoisotopic (exact) mass is 224 g/mol. The molecular formula is C13H24N2O. The molecule has 0 aliphatic heterocycles. The molecule has 2 saturated carbocycles. The Morgan fingerprint density at radius 3 is 2.62 bits per heavy atom. The highest BCUT2D eigenvalue weighted by atomic mass is 16.1. The fourth-order valence-electron chi connectivity index (χ4n) is 3.44. The minimum absolute atomic E-state index is 0.141. The van der Waals surface area contributed by atoms with E-state index in [9.17, 15) is 4.79 Å². The van der Waals surface area contributed by atoms with Gasteiger partial charge in [-0.2, -0.15) is 0 Å².